The van der Waals surface area contributed by atoms with Gasteiger partial charge in [0.05, 0.1) is 0 Å². The molecular formula is C7H13NO5. The number of rotatable bonds is 3. The molecule has 0 radical (unpaired) electrons. The van der Waals surface area contributed by atoms with E-state index in [1.165, 1.54) is 0 Å². The van der Waals surface area contributed by atoms with Crippen molar-refractivity contribution in [3.63, 3.8) is 0 Å². The van der Waals surface area contributed by atoms with Gasteiger partial charge in [-0.05, 0) is 20.8 Å². The van der Waals surface area contributed by atoms with E-state index in [0.717, 1.165) is 0 Å². The molecule has 0 aliphatic carbocycles. The van der Waals surface area contributed by atoms with Gasteiger partial charge in [-0.15, -0.1) is 0 Å². The molecular weight excluding hydrogens is 178 g/mol. The van der Waals surface area contributed by atoms with Crippen molar-refractivity contribution in [2.45, 2.75) is 26.4 Å². The van der Waals surface area contributed by atoms with E-state index in [1.54, 1.807) is 26.3 Å². The molecule has 0 aromatic heterocycles. The highest BCUT2D eigenvalue weighted by molar-refractivity contribution is 5.71. The maximum atomic E-state index is 10.9. The van der Waals surface area contributed by atoms with E-state index >= 15 is 0 Å². The van der Waals surface area contributed by atoms with E-state index in [4.69, 9.17) is 9.84 Å². The molecule has 1 amide bonds. The lowest BCUT2D eigenvalue weighted by molar-refractivity contribution is -0.162. The molecule has 0 aromatic rings. The molecule has 0 saturated carbocycles. The molecule has 0 fully saturated rings. The van der Waals surface area contributed by atoms with E-state index in [1.807, 2.05) is 0 Å². The van der Waals surface area contributed by atoms with Crippen LogP contribution in [-0.2, 0) is 14.4 Å². The van der Waals surface area contributed by atoms with E-state index in [9.17, 15) is 9.59 Å². The molecule has 0 aliphatic rings. The van der Waals surface area contributed by atoms with Gasteiger partial charge in [0.15, 0.2) is 6.61 Å². The van der Waals surface area contributed by atoms with Crippen LogP contribution in [-0.4, -0.2) is 29.4 Å². The van der Waals surface area contributed by atoms with Gasteiger partial charge in [0.1, 0.15) is 5.60 Å². The van der Waals surface area contributed by atoms with E-state index in [-0.39, 0.29) is 0 Å². The van der Waals surface area contributed by atoms with Crippen LogP contribution in [0.25, 0.3) is 0 Å². The van der Waals surface area contributed by atoms with Crippen LogP contribution in [0, 0.1) is 0 Å². The third kappa shape index (κ3) is 8.61. The van der Waals surface area contributed by atoms with Crippen molar-refractivity contribution in [2.24, 2.45) is 0 Å². The number of carboxylic acid groups (broad SMARTS) is 1. The van der Waals surface area contributed by atoms with Crippen LogP contribution in [0.1, 0.15) is 20.8 Å². The maximum absolute atomic E-state index is 10.9. The summed E-state index contributed by atoms with van der Waals surface area (Å²) in [6.45, 7) is 4.67. The Hall–Kier alpha value is -1.30. The topological polar surface area (TPSA) is 84.9 Å². The van der Waals surface area contributed by atoms with Crippen LogP contribution in [0.2, 0.25) is 0 Å². The Morgan fingerprint density at radius 3 is 2.31 bits per heavy atom. The van der Waals surface area contributed by atoms with Gasteiger partial charge < -0.3 is 9.84 Å². The third-order valence-electron chi connectivity index (χ3n) is 0.770. The standard InChI is InChI=1S/C7H13NO5/c1-7(2,3)13-5(9)4-12-8-6(10)11/h8H,4H2,1-3H3,(H,10,11). The molecule has 76 valence electrons. The van der Waals surface area contributed by atoms with E-state index in [0.29, 0.717) is 0 Å². The Bertz CT molecular complexity index is 196. The number of amides is 1. The fourth-order valence-corrected chi connectivity index (χ4v) is 0.528. The lowest BCUT2D eigenvalue weighted by Crippen LogP contribution is -2.30. The summed E-state index contributed by atoms with van der Waals surface area (Å²) in [7, 11) is 0. The minimum atomic E-state index is -1.36. The maximum Gasteiger partial charge on any atom is 0.428 e. The second-order valence-corrected chi connectivity index (χ2v) is 3.28. The van der Waals surface area contributed by atoms with Gasteiger partial charge in [-0.1, -0.05) is 0 Å². The average molecular weight is 191 g/mol. The van der Waals surface area contributed by atoms with Gasteiger partial charge in [-0.3, -0.25) is 4.84 Å². The van der Waals surface area contributed by atoms with Crippen molar-refractivity contribution in [3.05, 3.63) is 0 Å². The quantitative estimate of drug-likeness (QED) is 0.502. The van der Waals surface area contributed by atoms with Crippen LogP contribution in [0.4, 0.5) is 4.79 Å². The van der Waals surface area contributed by atoms with Gasteiger partial charge in [0.2, 0.25) is 0 Å². The van der Waals surface area contributed by atoms with E-state index < -0.39 is 24.3 Å². The number of nitrogens with one attached hydrogen (secondary N) is 1. The van der Waals surface area contributed by atoms with Gasteiger partial charge in [0.25, 0.3) is 0 Å². The van der Waals surface area contributed by atoms with Crippen molar-refractivity contribution in [2.75, 3.05) is 6.61 Å². The number of esters is 1. The summed E-state index contributed by atoms with van der Waals surface area (Å²) in [5.74, 6) is -0.624. The Kier molecular flexibility index (Phi) is 4.19. The number of carbonyl (C=O) groups is 2. The van der Waals surface area contributed by atoms with Crippen LogP contribution in [0.15, 0.2) is 0 Å². The first kappa shape index (κ1) is 11.7. The van der Waals surface area contributed by atoms with Crippen molar-refractivity contribution in [1.82, 2.24) is 5.48 Å². The predicted octanol–water partition coefficient (Wildman–Crippen LogP) is 0.527. The summed E-state index contributed by atoms with van der Waals surface area (Å²) in [6.07, 6.45) is -1.36. The molecule has 0 saturated heterocycles. The molecule has 0 atom stereocenters. The van der Waals surface area contributed by atoms with Gasteiger partial charge in [0, 0.05) is 0 Å². The normalized spacial score (nSPS) is 10.7. The molecule has 13 heavy (non-hydrogen) atoms. The monoisotopic (exact) mass is 191 g/mol. The molecule has 0 bridgehead atoms. The van der Waals surface area contributed by atoms with Gasteiger partial charge in [-0.2, -0.15) is 5.48 Å². The smallest absolute Gasteiger partial charge is 0.428 e. The first-order valence-corrected chi connectivity index (χ1v) is 3.64. The van der Waals surface area contributed by atoms with Gasteiger partial charge >= 0.3 is 12.1 Å². The highest BCUT2D eigenvalue weighted by Gasteiger charge is 2.16. The lowest BCUT2D eigenvalue weighted by atomic mass is 10.2. The SMILES string of the molecule is CC(C)(C)OC(=O)CONC(=O)O. The number of hydroxylamine groups is 1. The van der Waals surface area contributed by atoms with Crippen LogP contribution >= 0.6 is 0 Å². The summed E-state index contributed by atoms with van der Waals surface area (Å²) in [5, 5.41) is 8.07. The zero-order valence-corrected chi connectivity index (χ0v) is 7.79. The molecule has 0 aromatic carbocycles. The second-order valence-electron chi connectivity index (χ2n) is 3.28. The molecule has 6 nitrogen and oxygen atoms in total. The first-order valence-electron chi connectivity index (χ1n) is 3.64. The zero-order chi connectivity index (χ0) is 10.5. The lowest BCUT2D eigenvalue weighted by Gasteiger charge is -2.18. The molecule has 6 heteroatoms. The summed E-state index contributed by atoms with van der Waals surface area (Å²) in [5.41, 5.74) is 0.984. The van der Waals surface area contributed by atoms with Gasteiger partial charge in [-0.25, -0.2) is 9.59 Å². The number of hydrogen-bond donors (Lipinski definition) is 2. The number of carbonyl (C=O) groups excluding carboxylic acids is 1. The Morgan fingerprint density at radius 1 is 1.38 bits per heavy atom. The van der Waals surface area contributed by atoms with Crippen LogP contribution in [0.5, 0.6) is 0 Å². The third-order valence-corrected chi connectivity index (χ3v) is 0.770. The van der Waals surface area contributed by atoms with Crippen molar-refractivity contribution in [3.8, 4) is 0 Å². The summed E-state index contributed by atoms with van der Waals surface area (Å²) in [4.78, 5) is 25.0. The van der Waals surface area contributed by atoms with Crippen LogP contribution in [0.3, 0.4) is 0 Å². The molecule has 0 aliphatic heterocycles. The fraction of sp³-hybridized carbons (Fsp3) is 0.714. The first-order chi connectivity index (χ1) is 5.81. The highest BCUT2D eigenvalue weighted by Crippen LogP contribution is 2.06. The minimum Gasteiger partial charge on any atom is -0.464 e. The Labute approximate surface area is 75.8 Å². The highest BCUT2D eigenvalue weighted by atomic mass is 16.7. The average Bonchev–Trinajstić information content (AvgIpc) is 1.81. The van der Waals surface area contributed by atoms with Crippen molar-refractivity contribution in [1.29, 1.82) is 0 Å². The van der Waals surface area contributed by atoms with Crippen molar-refractivity contribution < 1.29 is 24.3 Å². The largest absolute Gasteiger partial charge is 0.464 e. The molecule has 0 rings (SSSR count). The minimum absolute atomic E-state index is 0.441. The van der Waals surface area contributed by atoms with Crippen molar-refractivity contribution >= 4 is 12.1 Å². The molecule has 0 unspecified atom stereocenters. The Morgan fingerprint density at radius 2 is 1.92 bits per heavy atom. The summed E-state index contributed by atoms with van der Waals surface area (Å²) in [6, 6.07) is 0. The number of hydrogen-bond acceptors (Lipinski definition) is 4. The predicted molar refractivity (Wildman–Crippen MR) is 43.0 cm³/mol. The molecule has 0 heterocycles. The fourth-order valence-electron chi connectivity index (χ4n) is 0.528. The molecule has 0 spiro atoms. The van der Waals surface area contributed by atoms with E-state index in [2.05, 4.69) is 4.84 Å². The van der Waals surface area contributed by atoms with Crippen LogP contribution < -0.4 is 5.48 Å². The molecule has 2 N–H and O–H groups in total. The second kappa shape index (κ2) is 4.66. The Balaban J connectivity index is 3.59. The number of ether oxygens (including phenoxy) is 1. The summed E-state index contributed by atoms with van der Waals surface area (Å²) < 4.78 is 4.82. The zero-order valence-electron chi connectivity index (χ0n) is 7.79. The summed E-state index contributed by atoms with van der Waals surface area (Å²) >= 11 is 0.